The molecule has 0 aliphatic heterocycles. The number of nitrogens with two attached hydrogens (primary N) is 1. The van der Waals surface area contributed by atoms with Crippen LogP contribution in [-0.2, 0) is 4.79 Å². The molecule has 3 aromatic carbocycles. The summed E-state index contributed by atoms with van der Waals surface area (Å²) in [5.74, 6) is -0.256. The van der Waals surface area contributed by atoms with Crippen molar-refractivity contribution in [2.45, 2.75) is 0 Å². The molecule has 0 aliphatic carbocycles. The molecular formula is C20H20NOP. The number of carbonyl (C=O) groups excluding carboxylic acids is 1. The zero-order valence-corrected chi connectivity index (χ0v) is 13.9. The van der Waals surface area contributed by atoms with Gasteiger partial charge < -0.3 is 0 Å². The Balaban J connectivity index is 2.32. The molecule has 0 bridgehead atoms. The van der Waals surface area contributed by atoms with E-state index in [9.17, 15) is 4.79 Å². The predicted octanol–water partition coefficient (Wildman–Crippen LogP) is 2.20. The number of benzene rings is 3. The third-order valence-electron chi connectivity index (χ3n) is 4.24. The third kappa shape index (κ3) is 3.04. The molecule has 3 heteroatoms. The fourth-order valence-corrected chi connectivity index (χ4v) is 7.66. The predicted molar refractivity (Wildman–Crippen MR) is 101 cm³/mol. The Morgan fingerprint density at radius 1 is 0.652 bits per heavy atom. The van der Waals surface area contributed by atoms with E-state index in [1.54, 1.807) is 0 Å². The summed E-state index contributed by atoms with van der Waals surface area (Å²) in [5, 5.41) is 3.61. The van der Waals surface area contributed by atoms with Gasteiger partial charge in [-0.2, -0.15) is 0 Å². The number of primary amides is 1. The van der Waals surface area contributed by atoms with Gasteiger partial charge in [-0.1, -0.05) is 0 Å². The monoisotopic (exact) mass is 321 g/mol. The summed E-state index contributed by atoms with van der Waals surface area (Å²) >= 11 is 0. The normalized spacial score (nSPS) is 11.8. The fourth-order valence-electron chi connectivity index (χ4n) is 3.24. The molecule has 2 N–H and O–H groups in total. The molecule has 0 fully saturated rings. The summed E-state index contributed by atoms with van der Waals surface area (Å²) < 4.78 is 0. The first kappa shape index (κ1) is 15.5. The van der Waals surface area contributed by atoms with Gasteiger partial charge >= 0.3 is 137 Å². The molecule has 0 aromatic heterocycles. The molecule has 0 atom stereocenters. The van der Waals surface area contributed by atoms with Gasteiger partial charge in [-0.15, -0.1) is 0 Å². The van der Waals surface area contributed by atoms with E-state index in [1.807, 2.05) is 54.6 Å². The van der Waals surface area contributed by atoms with Crippen molar-refractivity contribution in [2.75, 3.05) is 6.16 Å². The third-order valence-corrected chi connectivity index (χ3v) is 9.07. The van der Waals surface area contributed by atoms with Crippen molar-refractivity contribution in [3.05, 3.63) is 91.0 Å². The second kappa shape index (κ2) is 6.76. The van der Waals surface area contributed by atoms with Crippen molar-refractivity contribution < 1.29 is 4.79 Å². The summed E-state index contributed by atoms with van der Waals surface area (Å²) in [6.07, 6.45) is 0.366. The molecule has 2 nitrogen and oxygen atoms in total. The van der Waals surface area contributed by atoms with Gasteiger partial charge in [0.05, 0.1) is 0 Å². The zero-order valence-electron chi connectivity index (χ0n) is 12.9. The summed E-state index contributed by atoms with van der Waals surface area (Å²) in [5.41, 5.74) is 5.69. The zero-order chi connectivity index (χ0) is 16.1. The summed E-state index contributed by atoms with van der Waals surface area (Å²) in [4.78, 5) is 12.0. The van der Waals surface area contributed by atoms with Crippen LogP contribution in [0.5, 0.6) is 0 Å². The second-order valence-corrected chi connectivity index (χ2v) is 9.54. The molecule has 0 heterocycles. The quantitative estimate of drug-likeness (QED) is 0.719. The minimum absolute atomic E-state index is 0.256. The Bertz CT molecular complexity index is 676. The van der Waals surface area contributed by atoms with E-state index in [-0.39, 0.29) is 5.91 Å². The molecule has 0 aliphatic rings. The molecule has 0 saturated heterocycles. The van der Waals surface area contributed by atoms with E-state index in [4.69, 9.17) is 5.73 Å². The molecular weight excluding hydrogens is 301 g/mol. The van der Waals surface area contributed by atoms with E-state index in [1.165, 1.54) is 15.9 Å². The Morgan fingerprint density at radius 2 is 0.957 bits per heavy atom. The van der Waals surface area contributed by atoms with Crippen molar-refractivity contribution in [2.24, 2.45) is 5.73 Å². The molecule has 0 spiro atoms. The fraction of sp³-hybridized carbons (Fsp3) is 0.0500. The number of amides is 1. The molecule has 0 saturated carbocycles. The maximum absolute atomic E-state index is 12.0. The van der Waals surface area contributed by atoms with E-state index in [0.29, 0.717) is 6.16 Å². The van der Waals surface area contributed by atoms with Gasteiger partial charge in [0.15, 0.2) is 0 Å². The molecule has 23 heavy (non-hydrogen) atoms. The number of hydrogen-bond acceptors (Lipinski definition) is 1. The first-order valence-corrected chi connectivity index (χ1v) is 9.89. The molecule has 3 rings (SSSR count). The first-order chi connectivity index (χ1) is 11.2. The topological polar surface area (TPSA) is 43.1 Å². The molecule has 3 aromatic rings. The van der Waals surface area contributed by atoms with Crippen molar-refractivity contribution in [1.29, 1.82) is 0 Å². The standard InChI is InChI=1S/C20H20NOP/c21-20(22)16-23(17-10-4-1-5-11-17,18-12-6-2-7-13-18)19-14-8-3-9-15-19/h1-15,23H,16H2,(H2,21,22). The van der Waals surface area contributed by atoms with Gasteiger partial charge in [0.1, 0.15) is 0 Å². The van der Waals surface area contributed by atoms with Crippen LogP contribution in [0.4, 0.5) is 0 Å². The Labute approximate surface area is 137 Å². The summed E-state index contributed by atoms with van der Waals surface area (Å²) in [6.45, 7) is 0. The molecule has 116 valence electrons. The van der Waals surface area contributed by atoms with Gasteiger partial charge in [-0.25, -0.2) is 0 Å². The summed E-state index contributed by atoms with van der Waals surface area (Å²) in [6, 6.07) is 30.9. The van der Waals surface area contributed by atoms with E-state index >= 15 is 0 Å². The van der Waals surface area contributed by atoms with Crippen LogP contribution in [0.3, 0.4) is 0 Å². The van der Waals surface area contributed by atoms with Crippen LogP contribution < -0.4 is 21.6 Å². The van der Waals surface area contributed by atoms with Gasteiger partial charge in [0.25, 0.3) is 0 Å². The van der Waals surface area contributed by atoms with Crippen LogP contribution in [0.25, 0.3) is 0 Å². The van der Waals surface area contributed by atoms with Crippen molar-refractivity contribution in [3.63, 3.8) is 0 Å². The minimum atomic E-state index is -2.46. The van der Waals surface area contributed by atoms with Crippen LogP contribution in [0.15, 0.2) is 91.0 Å². The van der Waals surface area contributed by atoms with Gasteiger partial charge in [-0.3, -0.25) is 0 Å². The van der Waals surface area contributed by atoms with E-state index < -0.39 is 7.26 Å². The van der Waals surface area contributed by atoms with Crippen molar-refractivity contribution in [3.8, 4) is 0 Å². The van der Waals surface area contributed by atoms with Gasteiger partial charge in [0.2, 0.25) is 0 Å². The average molecular weight is 321 g/mol. The summed E-state index contributed by atoms with van der Waals surface area (Å²) in [7, 11) is -2.46. The molecule has 0 radical (unpaired) electrons. The van der Waals surface area contributed by atoms with E-state index in [2.05, 4.69) is 36.4 Å². The van der Waals surface area contributed by atoms with Gasteiger partial charge in [-0.05, 0) is 0 Å². The van der Waals surface area contributed by atoms with Crippen LogP contribution >= 0.6 is 7.26 Å². The SMILES string of the molecule is NC(=O)C[PH](c1ccccc1)(c1ccccc1)c1ccccc1. The average Bonchev–Trinajstić information content (AvgIpc) is 2.62. The van der Waals surface area contributed by atoms with Gasteiger partial charge in [0, 0.05) is 0 Å². The Morgan fingerprint density at radius 3 is 1.22 bits per heavy atom. The van der Waals surface area contributed by atoms with Crippen LogP contribution in [-0.4, -0.2) is 12.1 Å². The van der Waals surface area contributed by atoms with Crippen LogP contribution in [0, 0.1) is 0 Å². The second-order valence-electron chi connectivity index (χ2n) is 5.65. The Hall–Kier alpha value is -2.44. The maximum atomic E-state index is 12.0. The molecule has 0 unspecified atom stereocenters. The van der Waals surface area contributed by atoms with Crippen molar-refractivity contribution in [1.82, 2.24) is 0 Å². The Kier molecular flexibility index (Phi) is 4.55. The van der Waals surface area contributed by atoms with E-state index in [0.717, 1.165) is 0 Å². The van der Waals surface area contributed by atoms with Crippen LogP contribution in [0.1, 0.15) is 0 Å². The number of carbonyl (C=O) groups is 1. The molecule has 1 amide bonds. The first-order valence-electron chi connectivity index (χ1n) is 7.68. The number of hydrogen-bond donors (Lipinski definition) is 1. The number of rotatable bonds is 5. The van der Waals surface area contributed by atoms with Crippen molar-refractivity contribution >= 4 is 29.1 Å². The van der Waals surface area contributed by atoms with Crippen LogP contribution in [0.2, 0.25) is 0 Å².